The SMILES string of the molecule is CN(C)S(=O)(=O)c1ccc(C(=O)N2CCCNCC2)cc1Br. The molecule has 1 aliphatic heterocycles. The van der Waals surface area contributed by atoms with Gasteiger partial charge in [-0.1, -0.05) is 0 Å². The topological polar surface area (TPSA) is 69.7 Å². The number of nitrogens with zero attached hydrogens (tertiary/aromatic N) is 2. The second-order valence-electron chi connectivity index (χ2n) is 5.33. The minimum atomic E-state index is -3.53. The van der Waals surface area contributed by atoms with Gasteiger partial charge in [-0.15, -0.1) is 0 Å². The van der Waals surface area contributed by atoms with Crippen LogP contribution in [0.2, 0.25) is 0 Å². The summed E-state index contributed by atoms with van der Waals surface area (Å²) in [6.45, 7) is 3.06. The summed E-state index contributed by atoms with van der Waals surface area (Å²) in [5.41, 5.74) is 0.492. The third kappa shape index (κ3) is 3.68. The molecule has 1 N–H and O–H groups in total. The van der Waals surface area contributed by atoms with E-state index < -0.39 is 10.0 Å². The Labute approximate surface area is 139 Å². The van der Waals surface area contributed by atoms with Crippen LogP contribution in [0.1, 0.15) is 16.8 Å². The van der Waals surface area contributed by atoms with Crippen molar-refractivity contribution in [3.63, 3.8) is 0 Å². The maximum absolute atomic E-state index is 12.5. The fourth-order valence-corrected chi connectivity index (χ4v) is 4.20. The molecule has 0 aromatic heterocycles. The molecule has 8 heteroatoms. The van der Waals surface area contributed by atoms with Crippen LogP contribution in [0.15, 0.2) is 27.6 Å². The van der Waals surface area contributed by atoms with Gasteiger partial charge in [0, 0.05) is 43.8 Å². The smallest absolute Gasteiger partial charge is 0.253 e. The Hall–Kier alpha value is -0.960. The lowest BCUT2D eigenvalue weighted by atomic mass is 10.2. The number of hydrogen-bond donors (Lipinski definition) is 1. The van der Waals surface area contributed by atoms with Gasteiger partial charge in [-0.3, -0.25) is 4.79 Å². The van der Waals surface area contributed by atoms with Crippen molar-refractivity contribution in [1.82, 2.24) is 14.5 Å². The molecule has 0 aliphatic carbocycles. The van der Waals surface area contributed by atoms with Crippen molar-refractivity contribution >= 4 is 31.9 Å². The lowest BCUT2D eigenvalue weighted by Crippen LogP contribution is -2.34. The van der Waals surface area contributed by atoms with Gasteiger partial charge in [-0.2, -0.15) is 0 Å². The van der Waals surface area contributed by atoms with Crippen molar-refractivity contribution < 1.29 is 13.2 Å². The molecule has 1 aromatic carbocycles. The van der Waals surface area contributed by atoms with Crippen LogP contribution < -0.4 is 5.32 Å². The second kappa shape index (κ2) is 7.08. The van der Waals surface area contributed by atoms with Crippen molar-refractivity contribution in [1.29, 1.82) is 0 Å². The predicted octanol–water partition coefficient (Wildman–Crippen LogP) is 1.13. The summed E-state index contributed by atoms with van der Waals surface area (Å²) in [5, 5.41) is 3.25. The molecule has 6 nitrogen and oxygen atoms in total. The highest BCUT2D eigenvalue weighted by molar-refractivity contribution is 9.10. The average Bonchev–Trinajstić information content (AvgIpc) is 2.74. The van der Waals surface area contributed by atoms with E-state index in [4.69, 9.17) is 0 Å². The normalized spacial score (nSPS) is 16.6. The zero-order valence-corrected chi connectivity index (χ0v) is 15.1. The van der Waals surface area contributed by atoms with Crippen LogP contribution in [0, 0.1) is 0 Å². The first kappa shape index (κ1) is 17.4. The summed E-state index contributed by atoms with van der Waals surface area (Å²) < 4.78 is 25.9. The fourth-order valence-electron chi connectivity index (χ4n) is 2.27. The number of benzene rings is 1. The number of hydrogen-bond acceptors (Lipinski definition) is 4. The molecular formula is C14H20BrN3O3S. The number of nitrogens with one attached hydrogen (secondary N) is 1. The van der Waals surface area contributed by atoms with E-state index in [9.17, 15) is 13.2 Å². The van der Waals surface area contributed by atoms with Crippen molar-refractivity contribution in [2.75, 3.05) is 40.3 Å². The van der Waals surface area contributed by atoms with Crippen LogP contribution in [-0.2, 0) is 10.0 Å². The van der Waals surface area contributed by atoms with Gasteiger partial charge in [0.15, 0.2) is 0 Å². The van der Waals surface area contributed by atoms with E-state index >= 15 is 0 Å². The molecule has 1 aromatic rings. The quantitative estimate of drug-likeness (QED) is 0.841. The Bertz CT molecular complexity index is 653. The first-order valence-corrected chi connectivity index (χ1v) is 9.29. The van der Waals surface area contributed by atoms with Gasteiger partial charge < -0.3 is 10.2 Å². The molecule has 1 amide bonds. The number of sulfonamides is 1. The molecule has 122 valence electrons. The molecule has 0 atom stereocenters. The minimum absolute atomic E-state index is 0.0711. The second-order valence-corrected chi connectivity index (χ2v) is 8.30. The van der Waals surface area contributed by atoms with Crippen LogP contribution in [-0.4, -0.2) is 63.8 Å². The zero-order valence-electron chi connectivity index (χ0n) is 12.7. The van der Waals surface area contributed by atoms with E-state index in [0.29, 0.717) is 23.1 Å². The van der Waals surface area contributed by atoms with E-state index in [1.54, 1.807) is 17.0 Å². The Morgan fingerprint density at radius 1 is 1.27 bits per heavy atom. The van der Waals surface area contributed by atoms with Crippen LogP contribution in [0.5, 0.6) is 0 Å². The zero-order chi connectivity index (χ0) is 16.3. The highest BCUT2D eigenvalue weighted by Gasteiger charge is 2.23. The molecule has 0 bridgehead atoms. The molecule has 0 unspecified atom stereocenters. The van der Waals surface area contributed by atoms with Gasteiger partial charge in [0.2, 0.25) is 10.0 Å². The van der Waals surface area contributed by atoms with E-state index in [-0.39, 0.29) is 10.8 Å². The maximum Gasteiger partial charge on any atom is 0.253 e. The molecular weight excluding hydrogens is 370 g/mol. The summed E-state index contributed by atoms with van der Waals surface area (Å²) in [6, 6.07) is 4.63. The summed E-state index contributed by atoms with van der Waals surface area (Å²) in [6.07, 6.45) is 0.917. The van der Waals surface area contributed by atoms with Gasteiger partial charge in [0.25, 0.3) is 5.91 Å². The number of amides is 1. The van der Waals surface area contributed by atoms with E-state index in [1.807, 2.05) is 0 Å². The Morgan fingerprint density at radius 2 is 2.00 bits per heavy atom. The van der Waals surface area contributed by atoms with Crippen molar-refractivity contribution in [2.24, 2.45) is 0 Å². The molecule has 1 saturated heterocycles. The largest absolute Gasteiger partial charge is 0.337 e. The van der Waals surface area contributed by atoms with Gasteiger partial charge >= 0.3 is 0 Å². The maximum atomic E-state index is 12.5. The van der Waals surface area contributed by atoms with Gasteiger partial charge in [-0.25, -0.2) is 12.7 Å². The predicted molar refractivity (Wildman–Crippen MR) is 88.4 cm³/mol. The first-order valence-electron chi connectivity index (χ1n) is 7.06. The van der Waals surface area contributed by atoms with E-state index in [1.165, 1.54) is 20.2 Å². The number of rotatable bonds is 3. The molecule has 1 heterocycles. The average molecular weight is 390 g/mol. The van der Waals surface area contributed by atoms with Crippen molar-refractivity contribution in [2.45, 2.75) is 11.3 Å². The van der Waals surface area contributed by atoms with Crippen LogP contribution in [0.3, 0.4) is 0 Å². The Balaban J connectivity index is 2.27. The van der Waals surface area contributed by atoms with Gasteiger partial charge in [-0.05, 0) is 47.1 Å². The monoisotopic (exact) mass is 389 g/mol. The van der Waals surface area contributed by atoms with E-state index in [2.05, 4.69) is 21.2 Å². The van der Waals surface area contributed by atoms with Crippen LogP contribution >= 0.6 is 15.9 Å². The lowest BCUT2D eigenvalue weighted by Gasteiger charge is -2.20. The minimum Gasteiger partial charge on any atom is -0.337 e. The molecule has 2 rings (SSSR count). The van der Waals surface area contributed by atoms with Gasteiger partial charge in [0.05, 0.1) is 4.90 Å². The Kier molecular flexibility index (Phi) is 5.60. The van der Waals surface area contributed by atoms with E-state index in [0.717, 1.165) is 23.8 Å². The molecule has 0 radical (unpaired) electrons. The first-order chi connectivity index (χ1) is 10.3. The van der Waals surface area contributed by atoms with Crippen LogP contribution in [0.4, 0.5) is 0 Å². The summed E-state index contributed by atoms with van der Waals surface area (Å²) in [7, 11) is -0.575. The summed E-state index contributed by atoms with van der Waals surface area (Å²) in [4.78, 5) is 14.5. The number of halogens is 1. The fraction of sp³-hybridized carbons (Fsp3) is 0.500. The molecule has 0 spiro atoms. The Morgan fingerprint density at radius 3 is 2.64 bits per heavy atom. The molecule has 0 saturated carbocycles. The van der Waals surface area contributed by atoms with Gasteiger partial charge in [0.1, 0.15) is 0 Å². The number of carbonyl (C=O) groups is 1. The third-order valence-electron chi connectivity index (χ3n) is 3.56. The van der Waals surface area contributed by atoms with Crippen molar-refractivity contribution in [3.8, 4) is 0 Å². The standard InChI is InChI=1S/C14H20BrN3O3S/c1-17(2)22(20,21)13-5-4-11(10-12(13)15)14(19)18-8-3-6-16-7-9-18/h4-5,10,16H,3,6-9H2,1-2H3. The molecule has 22 heavy (non-hydrogen) atoms. The lowest BCUT2D eigenvalue weighted by molar-refractivity contribution is 0.0766. The summed E-state index contributed by atoms with van der Waals surface area (Å²) in [5.74, 6) is -0.0711. The highest BCUT2D eigenvalue weighted by Crippen LogP contribution is 2.25. The van der Waals surface area contributed by atoms with Crippen molar-refractivity contribution in [3.05, 3.63) is 28.2 Å². The summed E-state index contributed by atoms with van der Waals surface area (Å²) >= 11 is 3.27. The van der Waals surface area contributed by atoms with Crippen LogP contribution in [0.25, 0.3) is 0 Å². The molecule has 1 aliphatic rings. The number of carbonyl (C=O) groups excluding carboxylic acids is 1. The third-order valence-corrected chi connectivity index (χ3v) is 6.36. The highest BCUT2D eigenvalue weighted by atomic mass is 79.9. The molecule has 1 fully saturated rings.